The molecule has 3 saturated heterocycles. The number of phenolic OH excluding ortho intramolecular Hbond substituents is 1. The van der Waals surface area contributed by atoms with E-state index in [1.165, 1.54) is 42.5 Å². The van der Waals surface area contributed by atoms with Crippen LogP contribution in [0.25, 0.3) is 21.1 Å². The molecule has 0 aliphatic carbocycles. The molecule has 468 valence electrons. The molecule has 3 aliphatic rings. The fraction of sp³-hybridized carbons (Fsp3) is 0.509. The average molecular weight is 1240 g/mol. The zero-order valence-electron chi connectivity index (χ0n) is 47.1. The van der Waals surface area contributed by atoms with Crippen molar-refractivity contribution in [1.82, 2.24) is 46.6 Å². The van der Waals surface area contributed by atoms with Crippen molar-refractivity contribution in [2.45, 2.75) is 139 Å². The van der Waals surface area contributed by atoms with Crippen LogP contribution >= 0.6 is 23.7 Å². The Morgan fingerprint density at radius 3 is 2.10 bits per heavy atom. The van der Waals surface area contributed by atoms with Gasteiger partial charge >= 0.3 is 0 Å². The number of rotatable bonds is 20. The van der Waals surface area contributed by atoms with Gasteiger partial charge in [-0.25, -0.2) is 5.26 Å². The zero-order chi connectivity index (χ0) is 62.4. The summed E-state index contributed by atoms with van der Waals surface area (Å²) < 4.78 is 15.1. The number of carbonyl (C=O) groups excluding carboxylic acids is 7. The first-order valence-electron chi connectivity index (χ1n) is 27.8. The van der Waals surface area contributed by atoms with E-state index in [1.807, 2.05) is 24.3 Å². The highest BCUT2D eigenvalue weighted by Gasteiger charge is 2.50. The summed E-state index contributed by atoms with van der Waals surface area (Å²) in [4.78, 5) is 103. The summed E-state index contributed by atoms with van der Waals surface area (Å²) in [6, 6.07) is 6.01. The highest BCUT2D eigenvalue weighted by molar-refractivity contribution is 7.90. The Hall–Kier alpha value is -7.14. The molecule has 3 aliphatic heterocycles. The number of benzene rings is 3. The minimum absolute atomic E-state index is 0.0234. The molecule has 29 nitrogen and oxygen atoms in total. The Kier molecular flexibility index (Phi) is 23.9. The van der Waals surface area contributed by atoms with E-state index in [2.05, 4.69) is 53.1 Å². The molecule has 0 radical (unpaired) electrons. The lowest BCUT2D eigenvalue weighted by atomic mass is 9.98. The number of hydrogen-bond acceptors (Lipinski definition) is 24. The van der Waals surface area contributed by atoms with Gasteiger partial charge in [-0.2, -0.15) is 0 Å². The maximum atomic E-state index is 14.7. The molecule has 13 atom stereocenters. The Balaban J connectivity index is 1.18. The van der Waals surface area contributed by atoms with Crippen LogP contribution in [0.3, 0.4) is 0 Å². The van der Waals surface area contributed by atoms with E-state index in [0.717, 1.165) is 53.4 Å². The maximum absolute atomic E-state index is 14.7. The predicted octanol–water partition coefficient (Wildman–Crippen LogP) is -1.19. The number of nitrogens with two attached hydrogens (primary N) is 1. The molecule has 3 fully saturated rings. The van der Waals surface area contributed by atoms with Crippen LogP contribution in [-0.4, -0.2) is 208 Å². The van der Waals surface area contributed by atoms with Gasteiger partial charge in [-0.1, -0.05) is 65.6 Å². The number of nitrogens with zero attached hydrogens (tertiary/aromatic N) is 4. The molecule has 0 bridgehead atoms. The van der Waals surface area contributed by atoms with Gasteiger partial charge in [0.15, 0.2) is 11.5 Å². The van der Waals surface area contributed by atoms with Gasteiger partial charge in [0, 0.05) is 61.5 Å². The monoisotopic (exact) mass is 1240 g/mol. The standard InChI is InChI=1S/C55H72N10O19S2/c1-4-5-6-19-81-35-14-12-32(13-15-35)53-63-62-52(85-53)31-10-8-30(9-11-31)47(73)58-36-22-33(67)24-57-51(77)45-46(72)27(2)25-65(45)55(79)44(39(70)17-18-56)61-50(76)43(40(71)20-29-7-16-38(69)41(21-29)82-86-84-83-80)60-49(75)37-23-34(68)26-64(37)54(78)42(28(3)66)59-48(36)74/h7-16,21,27-28,33-34,36-37,39-40,42-46,66-72,80H,4-6,17-20,22-26,56H2,1-3H3,(H,57,77)(H,58,73)(H,59,74)(H,60,75)(H,61,76)/t27-,28+,33+,34+,36+,37+,39-,40-,42+,43+,44+,45+,46+/m1/s1. The third kappa shape index (κ3) is 16.9. The molecule has 7 amide bonds. The number of phenols is 1. The zero-order valence-corrected chi connectivity index (χ0v) is 48.7. The number of aromatic hydroxyl groups is 1. The summed E-state index contributed by atoms with van der Waals surface area (Å²) in [6.07, 6.45) is -9.12. The topological polar surface area (TPSA) is 437 Å². The fourth-order valence-corrected chi connectivity index (χ4v) is 11.2. The molecule has 86 heavy (non-hydrogen) atoms. The largest absolute Gasteiger partial charge is 0.504 e. The Morgan fingerprint density at radius 1 is 0.802 bits per heavy atom. The Bertz CT molecular complexity index is 2980. The number of fused-ring (bicyclic) bond motifs is 2. The molecule has 0 spiro atoms. The molecule has 1 aromatic heterocycles. The molecular formula is C55H72N10O19S2. The van der Waals surface area contributed by atoms with Gasteiger partial charge in [0.2, 0.25) is 35.4 Å². The second-order valence-corrected chi connectivity index (χ2v) is 22.7. The van der Waals surface area contributed by atoms with Crippen LogP contribution in [0.1, 0.15) is 75.2 Å². The number of unbranched alkanes of at least 4 members (excludes halogenated alkanes) is 2. The van der Waals surface area contributed by atoms with Crippen molar-refractivity contribution in [3.63, 3.8) is 0 Å². The summed E-state index contributed by atoms with van der Waals surface area (Å²) in [6.45, 7) is 3.59. The van der Waals surface area contributed by atoms with Gasteiger partial charge in [-0.15, -0.1) is 10.2 Å². The van der Waals surface area contributed by atoms with E-state index in [-0.39, 0.29) is 48.7 Å². The lowest BCUT2D eigenvalue weighted by Gasteiger charge is -2.34. The lowest BCUT2D eigenvalue weighted by molar-refractivity contribution is -0.433. The van der Waals surface area contributed by atoms with Crippen molar-refractivity contribution in [2.75, 3.05) is 32.8 Å². The molecule has 0 unspecified atom stereocenters. The molecule has 15 N–H and O–H groups in total. The van der Waals surface area contributed by atoms with Crippen LogP contribution in [0.5, 0.6) is 17.2 Å². The number of β-amino-alcohol motifs (C(OH)–C–C–N with tert-alkyl or cyclic N) is 1. The quantitative estimate of drug-likeness (QED) is 0.0214. The summed E-state index contributed by atoms with van der Waals surface area (Å²) in [5.74, 6) is -8.59. The van der Waals surface area contributed by atoms with E-state index >= 15 is 0 Å². The Labute approximate surface area is 501 Å². The van der Waals surface area contributed by atoms with Crippen LogP contribution < -0.4 is 41.2 Å². The van der Waals surface area contributed by atoms with Crippen molar-refractivity contribution in [2.24, 2.45) is 11.7 Å². The number of carbonyl (C=O) groups is 7. The first kappa shape index (κ1) is 66.4. The van der Waals surface area contributed by atoms with Crippen molar-refractivity contribution in [3.8, 4) is 38.4 Å². The van der Waals surface area contributed by atoms with Gasteiger partial charge in [0.1, 0.15) is 52.0 Å². The van der Waals surface area contributed by atoms with Gasteiger partial charge in [-0.05, 0) is 80.4 Å². The number of aromatic nitrogens is 2. The molecule has 4 aromatic rings. The Morgan fingerprint density at radius 2 is 1.45 bits per heavy atom. The number of aliphatic hydroxyl groups is 6. The van der Waals surface area contributed by atoms with E-state index in [9.17, 15) is 69.3 Å². The fourth-order valence-electron chi connectivity index (χ4n) is 10.1. The third-order valence-corrected chi connectivity index (χ3v) is 16.2. The number of ether oxygens (including phenoxy) is 1. The molecule has 0 saturated carbocycles. The number of hydrogen-bond donors (Lipinski definition) is 14. The maximum Gasteiger partial charge on any atom is 0.261 e. The average Bonchev–Trinajstić information content (AvgIpc) is 3.04. The highest BCUT2D eigenvalue weighted by atomic mass is 32.2. The predicted molar refractivity (Wildman–Crippen MR) is 305 cm³/mol. The molecule has 3 aromatic carbocycles. The normalized spacial score (nSPS) is 25.6. The van der Waals surface area contributed by atoms with Gasteiger partial charge in [0.25, 0.3) is 18.2 Å². The SMILES string of the molecule is CCCCCOc1ccc(-c2nnc(-c3ccc(C(=O)N[C@H]4C[C@H](O)CNC(=O)[C@@H]5[C@@H](O)[C@H](C)CN5C(=O)[C@H]([C@H](O)CCN)NC(=O)[C@H]([C@H](O)Cc5ccc(O)c(OSOOO)c5)NC(=O)[C@@H]5C[C@H](O)CN5C(=O)[C@H]([C@H](C)O)NC4=O)cc3)s2)cc1. The van der Waals surface area contributed by atoms with E-state index in [1.54, 1.807) is 12.1 Å². The van der Waals surface area contributed by atoms with E-state index < -0.39 is 158 Å². The van der Waals surface area contributed by atoms with Crippen LogP contribution in [0.15, 0.2) is 66.7 Å². The summed E-state index contributed by atoms with van der Waals surface area (Å²) >= 11 is 1.38. The molecule has 31 heteroatoms. The van der Waals surface area contributed by atoms with Crippen LogP contribution in [-0.2, 0) is 44.6 Å². The first-order valence-corrected chi connectivity index (χ1v) is 29.3. The second-order valence-electron chi connectivity index (χ2n) is 21.2. The van der Waals surface area contributed by atoms with Crippen LogP contribution in [0.2, 0.25) is 0 Å². The lowest BCUT2D eigenvalue weighted by Crippen LogP contribution is -2.64. The van der Waals surface area contributed by atoms with Crippen molar-refractivity contribution in [1.29, 1.82) is 0 Å². The second kappa shape index (κ2) is 31.0. The van der Waals surface area contributed by atoms with Gasteiger partial charge < -0.3 is 86.8 Å². The minimum atomic E-state index is -2.10. The molecular weight excluding hydrogens is 1170 g/mol. The third-order valence-electron chi connectivity index (χ3n) is 14.8. The molecule has 4 heterocycles. The van der Waals surface area contributed by atoms with E-state index in [0.29, 0.717) is 22.2 Å². The summed E-state index contributed by atoms with van der Waals surface area (Å²) in [5, 5.41) is 113. The van der Waals surface area contributed by atoms with Gasteiger partial charge in [-0.3, -0.25) is 33.6 Å². The van der Waals surface area contributed by atoms with Crippen molar-refractivity contribution < 1.29 is 92.9 Å². The number of nitrogens with one attached hydrogen (secondary N) is 5. The van der Waals surface area contributed by atoms with Crippen LogP contribution in [0.4, 0.5) is 0 Å². The number of amides is 7. The summed E-state index contributed by atoms with van der Waals surface area (Å²) in [7, 11) is 0. The van der Waals surface area contributed by atoms with Gasteiger partial charge in [0.05, 0.1) is 43.2 Å². The number of aliphatic hydroxyl groups excluding tert-OH is 6. The highest BCUT2D eigenvalue weighted by Crippen LogP contribution is 2.33. The summed E-state index contributed by atoms with van der Waals surface area (Å²) in [5.41, 5.74) is 7.33. The smallest absolute Gasteiger partial charge is 0.261 e. The van der Waals surface area contributed by atoms with E-state index in [4.69, 9.17) is 19.9 Å². The van der Waals surface area contributed by atoms with Crippen molar-refractivity contribution >= 4 is 65.0 Å². The van der Waals surface area contributed by atoms with Crippen molar-refractivity contribution in [3.05, 3.63) is 77.9 Å². The molecule has 7 rings (SSSR count). The van der Waals surface area contributed by atoms with Crippen LogP contribution in [0, 0.1) is 5.92 Å². The first-order chi connectivity index (χ1) is 41.1. The minimum Gasteiger partial charge on any atom is -0.504 e.